The van der Waals surface area contributed by atoms with Gasteiger partial charge in [0.2, 0.25) is 0 Å². The first kappa shape index (κ1) is 16.8. The number of aliphatic carboxylic acids is 1. The Bertz CT molecular complexity index is 238. The third kappa shape index (κ3) is 42.7. The van der Waals surface area contributed by atoms with E-state index in [4.69, 9.17) is 22.6 Å². The minimum atomic E-state index is -4.67. The number of rotatable bonds is 6. The number of carbonyl (C=O) groups is 1. The molecule has 92 valence electrons. The predicted molar refractivity (Wildman–Crippen MR) is 55.2 cm³/mol. The van der Waals surface area contributed by atoms with Crippen LogP contribution in [0.5, 0.6) is 0 Å². The van der Waals surface area contributed by atoms with Crippen LogP contribution in [-0.4, -0.2) is 28.6 Å². The SMILES string of the molecule is CCCCCCCC(=O)O.O=S(=O)(O)O. The number of hydrogen-bond donors (Lipinski definition) is 3. The first-order chi connectivity index (χ1) is 6.77. The molecule has 7 heteroatoms. The van der Waals surface area contributed by atoms with Crippen molar-refractivity contribution >= 4 is 16.4 Å². The molecule has 0 spiro atoms. The van der Waals surface area contributed by atoms with E-state index in [1.807, 2.05) is 0 Å². The lowest BCUT2D eigenvalue weighted by molar-refractivity contribution is -0.137. The van der Waals surface area contributed by atoms with Crippen molar-refractivity contribution in [1.29, 1.82) is 0 Å². The van der Waals surface area contributed by atoms with Crippen molar-refractivity contribution in [3.05, 3.63) is 0 Å². The van der Waals surface area contributed by atoms with Crippen LogP contribution in [0.4, 0.5) is 0 Å². The van der Waals surface area contributed by atoms with Gasteiger partial charge in [-0.2, -0.15) is 8.42 Å². The van der Waals surface area contributed by atoms with E-state index in [0.29, 0.717) is 6.42 Å². The Morgan fingerprint density at radius 2 is 1.47 bits per heavy atom. The van der Waals surface area contributed by atoms with E-state index >= 15 is 0 Å². The molecular formula is C8H18O6S. The van der Waals surface area contributed by atoms with E-state index < -0.39 is 16.4 Å². The van der Waals surface area contributed by atoms with Crippen molar-refractivity contribution < 1.29 is 27.4 Å². The minimum Gasteiger partial charge on any atom is -0.481 e. The first-order valence-corrected chi connectivity index (χ1v) is 6.08. The Labute approximate surface area is 89.9 Å². The van der Waals surface area contributed by atoms with E-state index in [2.05, 4.69) is 6.92 Å². The number of hydrogen-bond acceptors (Lipinski definition) is 3. The van der Waals surface area contributed by atoms with E-state index in [-0.39, 0.29) is 0 Å². The van der Waals surface area contributed by atoms with Crippen LogP contribution in [-0.2, 0) is 15.2 Å². The molecule has 0 amide bonds. The van der Waals surface area contributed by atoms with Crippen LogP contribution < -0.4 is 0 Å². The van der Waals surface area contributed by atoms with Gasteiger partial charge in [-0.05, 0) is 6.42 Å². The number of unbranched alkanes of at least 4 members (excludes halogenated alkanes) is 4. The molecule has 0 unspecified atom stereocenters. The summed E-state index contributed by atoms with van der Waals surface area (Å²) in [6.45, 7) is 2.15. The molecule has 0 aromatic heterocycles. The fraction of sp³-hybridized carbons (Fsp3) is 0.875. The van der Waals surface area contributed by atoms with Gasteiger partial charge in [0.25, 0.3) is 0 Å². The lowest BCUT2D eigenvalue weighted by Crippen LogP contribution is -1.93. The summed E-state index contributed by atoms with van der Waals surface area (Å²) in [5, 5.41) is 8.27. The topological polar surface area (TPSA) is 112 Å². The van der Waals surface area contributed by atoms with Gasteiger partial charge < -0.3 is 5.11 Å². The Morgan fingerprint density at radius 1 is 1.07 bits per heavy atom. The third-order valence-electron chi connectivity index (χ3n) is 1.49. The minimum absolute atomic E-state index is 0.337. The molecule has 0 aliphatic rings. The largest absolute Gasteiger partial charge is 0.481 e. The molecule has 0 aromatic rings. The summed E-state index contributed by atoms with van der Waals surface area (Å²) in [7, 11) is -4.67. The van der Waals surface area contributed by atoms with Gasteiger partial charge in [0.1, 0.15) is 0 Å². The highest BCUT2D eigenvalue weighted by atomic mass is 32.3. The predicted octanol–water partition coefficient (Wildman–Crippen LogP) is 1.78. The Balaban J connectivity index is 0. The monoisotopic (exact) mass is 242 g/mol. The molecule has 0 saturated heterocycles. The second-order valence-electron chi connectivity index (χ2n) is 3.01. The molecule has 0 atom stereocenters. The summed E-state index contributed by atoms with van der Waals surface area (Å²) in [5.41, 5.74) is 0. The quantitative estimate of drug-likeness (QED) is 0.483. The summed E-state index contributed by atoms with van der Waals surface area (Å²) in [4.78, 5) is 10.0. The van der Waals surface area contributed by atoms with E-state index in [1.54, 1.807) is 0 Å². The van der Waals surface area contributed by atoms with Gasteiger partial charge in [-0.25, -0.2) is 0 Å². The van der Waals surface area contributed by atoms with Crippen LogP contribution in [0.1, 0.15) is 45.4 Å². The highest BCUT2D eigenvalue weighted by molar-refractivity contribution is 7.79. The van der Waals surface area contributed by atoms with Crippen molar-refractivity contribution in [2.45, 2.75) is 45.4 Å². The Morgan fingerprint density at radius 3 is 1.80 bits per heavy atom. The van der Waals surface area contributed by atoms with Gasteiger partial charge in [0, 0.05) is 6.42 Å². The second kappa shape index (κ2) is 9.88. The van der Waals surface area contributed by atoms with Crippen molar-refractivity contribution in [2.24, 2.45) is 0 Å². The lowest BCUT2D eigenvalue weighted by Gasteiger charge is -1.95. The smallest absolute Gasteiger partial charge is 0.394 e. The molecular weight excluding hydrogens is 224 g/mol. The normalized spacial score (nSPS) is 10.3. The highest BCUT2D eigenvalue weighted by Crippen LogP contribution is 2.04. The van der Waals surface area contributed by atoms with Crippen molar-refractivity contribution in [3.8, 4) is 0 Å². The van der Waals surface area contributed by atoms with Crippen LogP contribution in [0.2, 0.25) is 0 Å². The number of carboxylic acid groups (broad SMARTS) is 1. The summed E-state index contributed by atoms with van der Waals surface area (Å²) in [6, 6.07) is 0. The maximum Gasteiger partial charge on any atom is 0.394 e. The van der Waals surface area contributed by atoms with Crippen LogP contribution in [0.25, 0.3) is 0 Å². The third-order valence-corrected chi connectivity index (χ3v) is 1.49. The van der Waals surface area contributed by atoms with Gasteiger partial charge in [0.05, 0.1) is 0 Å². The zero-order valence-electron chi connectivity index (χ0n) is 8.72. The molecule has 15 heavy (non-hydrogen) atoms. The van der Waals surface area contributed by atoms with E-state index in [9.17, 15) is 4.79 Å². The Kier molecular flexibility index (Phi) is 11.0. The van der Waals surface area contributed by atoms with Gasteiger partial charge in [-0.15, -0.1) is 0 Å². The highest BCUT2D eigenvalue weighted by Gasteiger charge is 1.94. The molecule has 0 aliphatic carbocycles. The van der Waals surface area contributed by atoms with Crippen LogP contribution >= 0.6 is 0 Å². The van der Waals surface area contributed by atoms with E-state index in [1.165, 1.54) is 19.3 Å². The van der Waals surface area contributed by atoms with Crippen LogP contribution in [0.15, 0.2) is 0 Å². The average Bonchev–Trinajstić information content (AvgIpc) is 2.00. The maximum absolute atomic E-state index is 10.0. The Hall–Kier alpha value is -0.660. The molecule has 0 fully saturated rings. The summed E-state index contributed by atoms with van der Waals surface area (Å²) < 4.78 is 31.6. The molecule has 0 aliphatic heterocycles. The van der Waals surface area contributed by atoms with Crippen LogP contribution in [0, 0.1) is 0 Å². The van der Waals surface area contributed by atoms with Crippen molar-refractivity contribution in [2.75, 3.05) is 0 Å². The van der Waals surface area contributed by atoms with E-state index in [0.717, 1.165) is 12.8 Å². The molecule has 0 aromatic carbocycles. The average molecular weight is 242 g/mol. The standard InChI is InChI=1S/C8H16O2.H2O4S/c1-2-3-4-5-6-7-8(9)10;1-5(2,3)4/h2-7H2,1H3,(H,9,10);(H2,1,2,3,4). The molecule has 3 N–H and O–H groups in total. The van der Waals surface area contributed by atoms with Gasteiger partial charge >= 0.3 is 16.4 Å². The van der Waals surface area contributed by atoms with Gasteiger partial charge in [-0.3, -0.25) is 13.9 Å². The zero-order chi connectivity index (χ0) is 12.3. The molecule has 0 heterocycles. The molecule has 0 radical (unpaired) electrons. The lowest BCUT2D eigenvalue weighted by atomic mass is 10.1. The van der Waals surface area contributed by atoms with Crippen molar-refractivity contribution in [3.63, 3.8) is 0 Å². The molecule has 0 saturated carbocycles. The fourth-order valence-electron chi connectivity index (χ4n) is 0.880. The maximum atomic E-state index is 10.0. The molecule has 6 nitrogen and oxygen atoms in total. The fourth-order valence-corrected chi connectivity index (χ4v) is 0.880. The number of carboxylic acids is 1. The summed E-state index contributed by atoms with van der Waals surface area (Å²) >= 11 is 0. The molecule has 0 bridgehead atoms. The first-order valence-electron chi connectivity index (χ1n) is 4.69. The van der Waals surface area contributed by atoms with Gasteiger partial charge in [0.15, 0.2) is 0 Å². The van der Waals surface area contributed by atoms with Crippen LogP contribution in [0.3, 0.4) is 0 Å². The zero-order valence-corrected chi connectivity index (χ0v) is 9.53. The second-order valence-corrected chi connectivity index (χ2v) is 3.90. The summed E-state index contributed by atoms with van der Waals surface area (Å²) in [5.74, 6) is -0.670. The van der Waals surface area contributed by atoms with Crippen molar-refractivity contribution in [1.82, 2.24) is 0 Å². The van der Waals surface area contributed by atoms with Gasteiger partial charge in [-0.1, -0.05) is 32.6 Å². The molecule has 0 rings (SSSR count). The summed E-state index contributed by atoms with van der Waals surface area (Å²) in [6.07, 6.45) is 5.88.